The van der Waals surface area contributed by atoms with E-state index >= 15 is 0 Å². The molecule has 41 heavy (non-hydrogen) atoms. The van der Waals surface area contributed by atoms with E-state index in [9.17, 15) is 9.90 Å². The van der Waals surface area contributed by atoms with Gasteiger partial charge in [0.05, 0.1) is 6.10 Å². The van der Waals surface area contributed by atoms with Gasteiger partial charge < -0.3 is 9.84 Å². The summed E-state index contributed by atoms with van der Waals surface area (Å²) in [6.07, 6.45) is 20.2. The maximum atomic E-state index is 12.3. The number of hydrogen-bond donors (Lipinski definition) is 1. The van der Waals surface area contributed by atoms with E-state index < -0.39 is 6.10 Å². The number of nitrogens with zero attached hydrogens (tertiary/aromatic N) is 1. The molecule has 4 heteroatoms. The van der Waals surface area contributed by atoms with Gasteiger partial charge in [0.1, 0.15) is 5.75 Å². The number of aliphatic hydroxyl groups is 1. The molecule has 0 radical (unpaired) electrons. The number of carbonyl (C=O) groups is 1. The van der Waals surface area contributed by atoms with Gasteiger partial charge in [0, 0.05) is 12.5 Å². The number of esters is 1. The number of aliphatic hydroxyl groups excluding tert-OH is 1. The first-order valence-electron chi connectivity index (χ1n) is 16.8. The summed E-state index contributed by atoms with van der Waals surface area (Å²) in [7, 11) is 0. The minimum Gasteiger partial charge on any atom is -0.427 e. The third kappa shape index (κ3) is 13.1. The van der Waals surface area contributed by atoms with Crippen molar-refractivity contribution in [1.82, 2.24) is 4.90 Å². The van der Waals surface area contributed by atoms with Gasteiger partial charge in [0.25, 0.3) is 0 Å². The van der Waals surface area contributed by atoms with E-state index in [1.54, 1.807) is 0 Å². The van der Waals surface area contributed by atoms with Crippen molar-refractivity contribution in [3.8, 4) is 5.75 Å². The number of piperidine rings is 1. The van der Waals surface area contributed by atoms with Crippen LogP contribution >= 0.6 is 0 Å². The first-order valence-corrected chi connectivity index (χ1v) is 16.8. The Morgan fingerprint density at radius 1 is 0.805 bits per heavy atom. The highest BCUT2D eigenvalue weighted by atomic mass is 16.5. The molecule has 1 aliphatic rings. The molecule has 0 aromatic heterocycles. The van der Waals surface area contributed by atoms with Crippen molar-refractivity contribution in [2.75, 3.05) is 13.1 Å². The van der Waals surface area contributed by atoms with Crippen LogP contribution < -0.4 is 4.74 Å². The Labute approximate surface area is 250 Å². The Bertz CT molecular complexity index is 936. The zero-order valence-electron chi connectivity index (χ0n) is 26.1. The molecule has 2 unspecified atom stereocenters. The Morgan fingerprint density at radius 3 is 1.90 bits per heavy atom. The summed E-state index contributed by atoms with van der Waals surface area (Å²) in [5.41, 5.74) is 2.30. The molecule has 1 aliphatic heterocycles. The van der Waals surface area contributed by atoms with Crippen LogP contribution in [0.25, 0.3) is 0 Å². The Hall–Kier alpha value is -2.17. The number of likely N-dealkylation sites (tertiary alicyclic amines) is 1. The fourth-order valence-electron chi connectivity index (χ4n) is 6.19. The van der Waals surface area contributed by atoms with Gasteiger partial charge in [-0.25, -0.2) is 0 Å². The smallest absolute Gasteiger partial charge is 0.311 e. The standard InChI is InChI=1S/C37H57NO3/c1-3-4-5-6-7-8-9-10-11-12-13-14-18-21-36(39)41-35-24-22-34(23-25-35)37(40)31(2)38-28-26-33(27-29-38)30-32-19-16-15-17-20-32/h15-17,19-20,22-25,31,33,37,40H,3-14,18,21,26-30H2,1-2H3. The minimum absolute atomic E-state index is 0.0524. The third-order valence-corrected chi connectivity index (χ3v) is 8.99. The van der Waals surface area contributed by atoms with Gasteiger partial charge in [-0.2, -0.15) is 0 Å². The molecular formula is C37H57NO3. The topological polar surface area (TPSA) is 49.8 Å². The molecule has 2 atom stereocenters. The lowest BCUT2D eigenvalue weighted by Gasteiger charge is -2.38. The lowest BCUT2D eigenvalue weighted by molar-refractivity contribution is -0.134. The molecule has 2 aromatic rings. The first-order chi connectivity index (χ1) is 20.1. The fraction of sp³-hybridized carbons (Fsp3) is 0.649. The lowest BCUT2D eigenvalue weighted by Crippen LogP contribution is -2.43. The largest absolute Gasteiger partial charge is 0.427 e. The van der Waals surface area contributed by atoms with Crippen molar-refractivity contribution < 1.29 is 14.6 Å². The van der Waals surface area contributed by atoms with Gasteiger partial charge in [0.2, 0.25) is 0 Å². The van der Waals surface area contributed by atoms with Crippen LogP contribution in [-0.2, 0) is 11.2 Å². The van der Waals surface area contributed by atoms with Gasteiger partial charge in [0.15, 0.2) is 0 Å². The van der Waals surface area contributed by atoms with Gasteiger partial charge in [-0.05, 0) is 74.9 Å². The molecular weight excluding hydrogens is 506 g/mol. The molecule has 1 saturated heterocycles. The molecule has 0 spiro atoms. The highest BCUT2D eigenvalue weighted by Crippen LogP contribution is 2.28. The molecule has 0 bridgehead atoms. The van der Waals surface area contributed by atoms with Crippen molar-refractivity contribution in [3.63, 3.8) is 0 Å². The Morgan fingerprint density at radius 2 is 1.34 bits per heavy atom. The molecule has 1 fully saturated rings. The third-order valence-electron chi connectivity index (χ3n) is 8.99. The molecule has 2 aromatic carbocycles. The highest BCUT2D eigenvalue weighted by molar-refractivity contribution is 5.72. The normalized spacial score (nSPS) is 16.0. The molecule has 4 nitrogen and oxygen atoms in total. The number of hydrogen-bond acceptors (Lipinski definition) is 4. The minimum atomic E-state index is -0.559. The van der Waals surface area contributed by atoms with Crippen molar-refractivity contribution in [2.45, 2.75) is 135 Å². The quantitative estimate of drug-likeness (QED) is 0.0990. The monoisotopic (exact) mass is 563 g/mol. The van der Waals surface area contributed by atoms with Crippen LogP contribution in [-0.4, -0.2) is 35.1 Å². The summed E-state index contributed by atoms with van der Waals surface area (Å²) in [6, 6.07) is 18.3. The highest BCUT2D eigenvalue weighted by Gasteiger charge is 2.27. The summed E-state index contributed by atoms with van der Waals surface area (Å²) in [4.78, 5) is 14.7. The second-order valence-corrected chi connectivity index (χ2v) is 12.4. The van der Waals surface area contributed by atoms with Crippen LogP contribution in [0.1, 0.15) is 134 Å². The average Bonchev–Trinajstić information content (AvgIpc) is 3.00. The van der Waals surface area contributed by atoms with E-state index in [0.29, 0.717) is 18.1 Å². The van der Waals surface area contributed by atoms with Crippen LogP contribution in [0.2, 0.25) is 0 Å². The van der Waals surface area contributed by atoms with Crippen LogP contribution in [0.4, 0.5) is 0 Å². The number of benzene rings is 2. The van der Waals surface area contributed by atoms with E-state index in [-0.39, 0.29) is 12.0 Å². The Kier molecular flexibility index (Phi) is 16.1. The molecule has 3 rings (SSSR count). The molecule has 0 amide bonds. The van der Waals surface area contributed by atoms with Crippen LogP contribution in [0.5, 0.6) is 5.75 Å². The molecule has 0 aliphatic carbocycles. The van der Waals surface area contributed by atoms with Crippen LogP contribution in [0.3, 0.4) is 0 Å². The van der Waals surface area contributed by atoms with Crippen molar-refractivity contribution in [1.29, 1.82) is 0 Å². The second-order valence-electron chi connectivity index (χ2n) is 12.4. The van der Waals surface area contributed by atoms with E-state index in [4.69, 9.17) is 4.74 Å². The molecule has 1 N–H and O–H groups in total. The maximum Gasteiger partial charge on any atom is 0.311 e. The zero-order valence-corrected chi connectivity index (χ0v) is 26.1. The van der Waals surface area contributed by atoms with E-state index in [2.05, 4.69) is 49.1 Å². The second kappa shape index (κ2) is 19.9. The van der Waals surface area contributed by atoms with Gasteiger partial charge in [-0.15, -0.1) is 0 Å². The predicted molar refractivity (Wildman–Crippen MR) is 171 cm³/mol. The van der Waals surface area contributed by atoms with E-state index in [0.717, 1.165) is 37.9 Å². The van der Waals surface area contributed by atoms with Gasteiger partial charge in [-0.1, -0.05) is 126 Å². The van der Waals surface area contributed by atoms with Crippen LogP contribution in [0, 0.1) is 5.92 Å². The summed E-state index contributed by atoms with van der Waals surface area (Å²) in [6.45, 7) is 6.42. The Balaban J connectivity index is 1.24. The first kappa shape index (κ1) is 33.3. The lowest BCUT2D eigenvalue weighted by atomic mass is 9.89. The average molecular weight is 564 g/mol. The number of ether oxygens (including phenoxy) is 1. The van der Waals surface area contributed by atoms with Gasteiger partial charge in [-0.3, -0.25) is 9.69 Å². The SMILES string of the molecule is CCCCCCCCCCCCCCCC(=O)Oc1ccc(C(O)C(C)N2CCC(Cc3ccccc3)CC2)cc1. The fourth-order valence-corrected chi connectivity index (χ4v) is 6.19. The van der Waals surface area contributed by atoms with Crippen LogP contribution in [0.15, 0.2) is 54.6 Å². The maximum absolute atomic E-state index is 12.3. The molecule has 228 valence electrons. The summed E-state index contributed by atoms with van der Waals surface area (Å²) in [5.74, 6) is 1.12. The van der Waals surface area contributed by atoms with E-state index in [1.165, 1.54) is 89.0 Å². The summed E-state index contributed by atoms with van der Waals surface area (Å²) in [5, 5.41) is 11.1. The number of rotatable bonds is 20. The zero-order chi connectivity index (χ0) is 29.1. The summed E-state index contributed by atoms with van der Waals surface area (Å²) >= 11 is 0. The summed E-state index contributed by atoms with van der Waals surface area (Å²) < 4.78 is 5.56. The number of unbranched alkanes of at least 4 members (excludes halogenated alkanes) is 12. The molecule has 1 heterocycles. The predicted octanol–water partition coefficient (Wildman–Crippen LogP) is 9.45. The van der Waals surface area contributed by atoms with Gasteiger partial charge >= 0.3 is 5.97 Å². The van der Waals surface area contributed by atoms with Crippen molar-refractivity contribution in [2.24, 2.45) is 5.92 Å². The van der Waals surface area contributed by atoms with Crippen molar-refractivity contribution >= 4 is 5.97 Å². The van der Waals surface area contributed by atoms with Crippen molar-refractivity contribution in [3.05, 3.63) is 65.7 Å². The number of carbonyl (C=O) groups excluding carboxylic acids is 1. The molecule has 0 saturated carbocycles. The van der Waals surface area contributed by atoms with E-state index in [1.807, 2.05) is 24.3 Å².